The van der Waals surface area contributed by atoms with Gasteiger partial charge >= 0.3 is 76.3 Å². The standard InChI is InChI=1S/C13HF21O2/c14-1-5(18,19)2(15)8(24,25)3(16,6(1,20)21)11(29,4(17,7(1,22)23)9(2,26)27)36-13(33,34)10(28,35)12(30,31)32/h35H. The predicted molar refractivity (Wildman–Crippen MR) is 62.1 cm³/mol. The summed E-state index contributed by atoms with van der Waals surface area (Å²) in [5, 5.41) is 8.12. The van der Waals surface area contributed by atoms with Crippen LogP contribution in [0, 0.1) is 0 Å². The molecule has 0 aromatic carbocycles. The van der Waals surface area contributed by atoms with Crippen molar-refractivity contribution in [2.45, 2.75) is 76.3 Å². The minimum absolute atomic E-state index is 1.41. The summed E-state index contributed by atoms with van der Waals surface area (Å²) in [6, 6.07) is 0. The van der Waals surface area contributed by atoms with Gasteiger partial charge in [-0.3, -0.25) is 4.74 Å². The van der Waals surface area contributed by atoms with Crippen molar-refractivity contribution in [3.8, 4) is 0 Å². The highest BCUT2D eigenvalue weighted by molar-refractivity contribution is 5.54. The minimum atomic E-state index is -8.66. The van der Waals surface area contributed by atoms with Gasteiger partial charge in [0.25, 0.3) is 0 Å². The Morgan fingerprint density at radius 1 is 0.417 bits per heavy atom. The van der Waals surface area contributed by atoms with Gasteiger partial charge in [-0.15, -0.1) is 0 Å². The molecule has 0 radical (unpaired) electrons. The van der Waals surface area contributed by atoms with Crippen molar-refractivity contribution in [3.05, 3.63) is 0 Å². The fraction of sp³-hybridized carbons (Fsp3) is 1.00. The first kappa shape index (κ1) is 29.0. The molecule has 36 heavy (non-hydrogen) atoms. The first-order valence-electron chi connectivity index (χ1n) is 8.10. The van der Waals surface area contributed by atoms with Crippen LogP contribution in [0.2, 0.25) is 0 Å². The summed E-state index contributed by atoms with van der Waals surface area (Å²) < 4.78 is 294. The van der Waals surface area contributed by atoms with E-state index < -0.39 is 76.3 Å². The zero-order valence-corrected chi connectivity index (χ0v) is 15.3. The van der Waals surface area contributed by atoms with Gasteiger partial charge in [-0.05, 0) is 0 Å². The monoisotopic (exact) mass is 588 g/mol. The number of halogens is 21. The quantitative estimate of drug-likeness (QED) is 0.440. The lowest BCUT2D eigenvalue weighted by molar-refractivity contribution is -0.633. The normalized spacial score (nSPS) is 47.5. The fourth-order valence-electron chi connectivity index (χ4n) is 4.36. The third kappa shape index (κ3) is 1.89. The predicted octanol–water partition coefficient (Wildman–Crippen LogP) is 5.53. The molecule has 4 rings (SSSR count). The largest absolute Gasteiger partial charge is 0.457 e. The van der Waals surface area contributed by atoms with Crippen LogP contribution in [0.15, 0.2) is 0 Å². The van der Waals surface area contributed by atoms with Crippen molar-refractivity contribution >= 4 is 0 Å². The number of alkyl halides is 21. The summed E-state index contributed by atoms with van der Waals surface area (Å²) in [5.41, 5.74) is -33.9. The average Bonchev–Trinajstić information content (AvgIpc) is 2.65. The van der Waals surface area contributed by atoms with E-state index in [1.54, 1.807) is 0 Å². The van der Waals surface area contributed by atoms with Crippen molar-refractivity contribution in [1.29, 1.82) is 0 Å². The van der Waals surface area contributed by atoms with Gasteiger partial charge in [0.05, 0.1) is 0 Å². The van der Waals surface area contributed by atoms with Crippen molar-refractivity contribution < 1.29 is 102 Å². The Morgan fingerprint density at radius 2 is 0.639 bits per heavy atom. The first-order chi connectivity index (χ1) is 15.2. The van der Waals surface area contributed by atoms with E-state index in [4.69, 9.17) is 5.11 Å². The molecule has 1 unspecified atom stereocenters. The van der Waals surface area contributed by atoms with Gasteiger partial charge in [0.15, 0.2) is 0 Å². The first-order valence-corrected chi connectivity index (χ1v) is 8.10. The Morgan fingerprint density at radius 3 is 0.861 bits per heavy atom. The van der Waals surface area contributed by atoms with Gasteiger partial charge < -0.3 is 5.11 Å². The molecule has 0 heterocycles. The van der Waals surface area contributed by atoms with Crippen LogP contribution in [0.3, 0.4) is 0 Å². The highest BCUT2D eigenvalue weighted by atomic mass is 19.4. The van der Waals surface area contributed by atoms with Crippen LogP contribution >= 0.6 is 0 Å². The molecular formula is C13HF21O2. The second-order valence-electron chi connectivity index (χ2n) is 7.84. The summed E-state index contributed by atoms with van der Waals surface area (Å²) >= 11 is 0. The van der Waals surface area contributed by atoms with Gasteiger partial charge in [0.2, 0.25) is 0 Å². The SMILES string of the molecule is OC(F)(C(F)(F)F)C(F)(F)OC1(F)C2(F)C(F)(F)C3(F)C(F)(F)C(F)(C2(F)F)C(F)(F)C1(F)C3(F)F. The zero-order chi connectivity index (χ0) is 29.2. The molecule has 0 aromatic heterocycles. The molecule has 4 saturated carbocycles. The molecule has 4 fully saturated rings. The third-order valence-corrected chi connectivity index (χ3v) is 6.24. The summed E-state index contributed by atoms with van der Waals surface area (Å²) in [4.78, 5) is 0. The van der Waals surface area contributed by atoms with Gasteiger partial charge in [0, 0.05) is 0 Å². The Labute approximate surface area is 179 Å². The maximum Gasteiger partial charge on any atom is 0.457 e. The molecule has 4 aliphatic carbocycles. The summed E-state index contributed by atoms with van der Waals surface area (Å²) in [6.07, 6.45) is -15.9. The molecule has 1 N–H and O–H groups in total. The minimum Gasteiger partial charge on any atom is -0.348 e. The number of aliphatic hydroxyl groups is 1. The van der Waals surface area contributed by atoms with Gasteiger partial charge in [-0.25, -0.2) is 22.0 Å². The molecule has 23 heteroatoms. The van der Waals surface area contributed by atoms with E-state index in [-0.39, 0.29) is 0 Å². The van der Waals surface area contributed by atoms with E-state index in [0.717, 1.165) is 0 Å². The molecule has 0 spiro atoms. The van der Waals surface area contributed by atoms with E-state index in [9.17, 15) is 87.8 Å². The summed E-state index contributed by atoms with van der Waals surface area (Å²) in [5.74, 6) is -59.0. The van der Waals surface area contributed by atoms with Crippen LogP contribution < -0.4 is 0 Å². The second-order valence-corrected chi connectivity index (χ2v) is 7.84. The van der Waals surface area contributed by atoms with Gasteiger partial charge in [-0.1, -0.05) is 0 Å². The lowest BCUT2D eigenvalue weighted by atomic mass is 9.40. The van der Waals surface area contributed by atoms with Crippen molar-refractivity contribution in [1.82, 2.24) is 0 Å². The summed E-state index contributed by atoms with van der Waals surface area (Å²) in [6.45, 7) is 0. The Hall–Kier alpha value is -1.55. The topological polar surface area (TPSA) is 29.5 Å². The molecule has 0 saturated heterocycles. The number of hydrogen-bond acceptors (Lipinski definition) is 2. The van der Waals surface area contributed by atoms with Crippen LogP contribution in [0.5, 0.6) is 0 Å². The molecule has 212 valence electrons. The molecule has 4 bridgehead atoms. The van der Waals surface area contributed by atoms with Crippen LogP contribution in [0.25, 0.3) is 0 Å². The van der Waals surface area contributed by atoms with Crippen molar-refractivity contribution in [2.24, 2.45) is 0 Å². The van der Waals surface area contributed by atoms with Crippen LogP contribution in [0.4, 0.5) is 92.2 Å². The van der Waals surface area contributed by atoms with E-state index >= 15 is 4.39 Å². The maximum atomic E-state index is 15.0. The lowest BCUT2D eigenvalue weighted by Crippen LogP contribution is -3.09. The molecule has 1 atom stereocenters. The third-order valence-electron chi connectivity index (χ3n) is 6.24. The van der Waals surface area contributed by atoms with Crippen LogP contribution in [0.1, 0.15) is 0 Å². The van der Waals surface area contributed by atoms with E-state index in [1.807, 2.05) is 0 Å². The summed E-state index contributed by atoms with van der Waals surface area (Å²) in [7, 11) is 0. The molecule has 0 aliphatic heterocycles. The lowest BCUT2D eigenvalue weighted by Gasteiger charge is -2.74. The molecule has 0 aromatic rings. The molecule has 2 nitrogen and oxygen atoms in total. The van der Waals surface area contributed by atoms with Crippen LogP contribution in [-0.4, -0.2) is 81.4 Å². The van der Waals surface area contributed by atoms with E-state index in [2.05, 4.69) is 0 Å². The Kier molecular flexibility index (Phi) is 4.73. The van der Waals surface area contributed by atoms with Gasteiger partial charge in [0.1, 0.15) is 0 Å². The smallest absolute Gasteiger partial charge is 0.348 e. The maximum absolute atomic E-state index is 15.0. The van der Waals surface area contributed by atoms with Crippen LogP contribution in [-0.2, 0) is 4.74 Å². The van der Waals surface area contributed by atoms with E-state index in [1.165, 1.54) is 4.74 Å². The molecule has 4 aliphatic rings. The Balaban J connectivity index is 2.59. The number of ether oxygens (including phenoxy) is 1. The zero-order valence-electron chi connectivity index (χ0n) is 15.3. The van der Waals surface area contributed by atoms with E-state index in [0.29, 0.717) is 0 Å². The van der Waals surface area contributed by atoms with Crippen molar-refractivity contribution in [2.75, 3.05) is 0 Å². The highest BCUT2D eigenvalue weighted by Crippen LogP contribution is 2.89. The average molecular weight is 588 g/mol. The second kappa shape index (κ2) is 5.87. The number of rotatable bonds is 3. The number of hydrogen-bond donors (Lipinski definition) is 1. The highest BCUT2D eigenvalue weighted by Gasteiger charge is 3.23. The van der Waals surface area contributed by atoms with Gasteiger partial charge in [-0.2, -0.15) is 70.2 Å². The van der Waals surface area contributed by atoms with Crippen molar-refractivity contribution in [3.63, 3.8) is 0 Å². The molecule has 0 amide bonds. The Bertz CT molecular complexity index is 906. The fourth-order valence-corrected chi connectivity index (χ4v) is 4.36. The molecular weight excluding hydrogens is 587 g/mol.